The van der Waals surface area contributed by atoms with Gasteiger partial charge in [-0.05, 0) is 32.7 Å². The highest BCUT2D eigenvalue weighted by molar-refractivity contribution is 6.55. The number of rotatable bonds is 4. The van der Waals surface area contributed by atoms with Crippen LogP contribution in [0.5, 0.6) is 0 Å². The van der Waals surface area contributed by atoms with Gasteiger partial charge in [-0.25, -0.2) is 0 Å². The summed E-state index contributed by atoms with van der Waals surface area (Å²) in [6.07, 6.45) is 6.26. The summed E-state index contributed by atoms with van der Waals surface area (Å²) in [7, 11) is -0.338. The maximum Gasteiger partial charge on any atom is 0.494 e. The van der Waals surface area contributed by atoms with Crippen LogP contribution in [0.3, 0.4) is 0 Å². The lowest BCUT2D eigenvalue weighted by molar-refractivity contribution is -0.0118. The quantitative estimate of drug-likeness (QED) is 0.534. The van der Waals surface area contributed by atoms with Crippen LogP contribution in [0, 0.1) is 0 Å². The first-order chi connectivity index (χ1) is 7.40. The summed E-state index contributed by atoms with van der Waals surface area (Å²) in [4.78, 5) is 0. The third-order valence-electron chi connectivity index (χ3n) is 3.54. The van der Waals surface area contributed by atoms with Crippen molar-refractivity contribution in [3.63, 3.8) is 0 Å². The predicted octanol–water partition coefficient (Wildman–Crippen LogP) is 3.31. The van der Waals surface area contributed by atoms with Crippen molar-refractivity contribution in [1.29, 1.82) is 0 Å². The van der Waals surface area contributed by atoms with Gasteiger partial charge in [0.05, 0.1) is 11.2 Å². The molecule has 0 N–H and O–H groups in total. The van der Waals surface area contributed by atoms with Gasteiger partial charge in [0.25, 0.3) is 0 Å². The van der Waals surface area contributed by atoms with Gasteiger partial charge < -0.3 is 9.31 Å². The van der Waals surface area contributed by atoms with Crippen molar-refractivity contribution in [3.8, 4) is 0 Å². The van der Waals surface area contributed by atoms with E-state index in [1.54, 1.807) is 12.2 Å². The van der Waals surface area contributed by atoms with Gasteiger partial charge in [0.1, 0.15) is 0 Å². The molecule has 1 atom stereocenters. The van der Waals surface area contributed by atoms with Crippen LogP contribution < -0.4 is 0 Å². The van der Waals surface area contributed by atoms with Gasteiger partial charge in [-0.2, -0.15) is 0 Å². The second-order valence-corrected chi connectivity index (χ2v) is 4.77. The van der Waals surface area contributed by atoms with E-state index in [1.165, 1.54) is 0 Å². The van der Waals surface area contributed by atoms with Crippen molar-refractivity contribution in [1.82, 2.24) is 0 Å². The first-order valence-electron chi connectivity index (χ1n) is 5.71. The van der Waals surface area contributed by atoms with Gasteiger partial charge >= 0.3 is 7.12 Å². The van der Waals surface area contributed by atoms with E-state index in [0.29, 0.717) is 0 Å². The lowest BCUT2D eigenvalue weighted by Gasteiger charge is -2.35. The third-order valence-corrected chi connectivity index (χ3v) is 3.54. The number of hydrogen-bond donors (Lipinski definition) is 0. The summed E-state index contributed by atoms with van der Waals surface area (Å²) < 4.78 is 12.0. The highest BCUT2D eigenvalue weighted by Crippen LogP contribution is 2.41. The molecule has 0 amide bonds. The largest absolute Gasteiger partial charge is 0.494 e. The SMILES string of the molecule is C=C/C=C(\C=C)B1OC(C)(C)C(C)(CC)O1. The minimum absolute atomic E-state index is 0.263. The predicted molar refractivity (Wildman–Crippen MR) is 69.2 cm³/mol. The first kappa shape index (κ1) is 13.3. The van der Waals surface area contributed by atoms with Crippen LogP contribution in [0.1, 0.15) is 34.1 Å². The molecule has 0 bridgehead atoms. The Morgan fingerprint density at radius 2 is 1.88 bits per heavy atom. The number of allylic oxidation sites excluding steroid dienone is 4. The van der Waals surface area contributed by atoms with Gasteiger partial charge in [-0.15, -0.1) is 0 Å². The van der Waals surface area contributed by atoms with Crippen LogP contribution in [-0.2, 0) is 9.31 Å². The van der Waals surface area contributed by atoms with E-state index in [1.807, 2.05) is 6.08 Å². The fourth-order valence-electron chi connectivity index (χ4n) is 1.82. The van der Waals surface area contributed by atoms with E-state index >= 15 is 0 Å². The molecule has 0 spiro atoms. The standard InChI is InChI=1S/C13H21BO2/c1-7-10-11(8-2)14-15-12(4,5)13(6,9-3)16-14/h7-8,10H,1-2,9H2,3-6H3/b11-10+. The van der Waals surface area contributed by atoms with Crippen molar-refractivity contribution in [2.45, 2.75) is 45.3 Å². The Balaban J connectivity index is 2.95. The van der Waals surface area contributed by atoms with Gasteiger partial charge in [-0.3, -0.25) is 0 Å². The Morgan fingerprint density at radius 1 is 1.25 bits per heavy atom. The average Bonchev–Trinajstić information content (AvgIpc) is 2.47. The molecule has 1 aliphatic heterocycles. The molecular formula is C13H21BO2. The second kappa shape index (κ2) is 4.60. The molecule has 1 aliphatic rings. The van der Waals surface area contributed by atoms with Gasteiger partial charge in [0, 0.05) is 0 Å². The Kier molecular flexibility index (Phi) is 3.82. The Morgan fingerprint density at radius 3 is 2.25 bits per heavy atom. The normalized spacial score (nSPS) is 29.2. The molecule has 1 heterocycles. The zero-order valence-electron chi connectivity index (χ0n) is 10.7. The summed E-state index contributed by atoms with van der Waals surface area (Å²) in [5, 5.41) is 0. The maximum absolute atomic E-state index is 6.01. The molecule has 1 rings (SSSR count). The summed E-state index contributed by atoms with van der Waals surface area (Å²) in [6, 6.07) is 0. The van der Waals surface area contributed by atoms with Crippen molar-refractivity contribution in [2.75, 3.05) is 0 Å². The fraction of sp³-hybridized carbons (Fsp3) is 0.538. The molecule has 0 aromatic carbocycles. The highest BCUT2D eigenvalue weighted by Gasteiger charge is 2.53. The van der Waals surface area contributed by atoms with E-state index in [2.05, 4.69) is 40.9 Å². The molecular weight excluding hydrogens is 199 g/mol. The molecule has 16 heavy (non-hydrogen) atoms. The lowest BCUT2D eigenvalue weighted by atomic mass is 9.78. The molecule has 88 valence electrons. The fourth-order valence-corrected chi connectivity index (χ4v) is 1.82. The van der Waals surface area contributed by atoms with Crippen molar-refractivity contribution in [2.24, 2.45) is 0 Å². The number of hydrogen-bond acceptors (Lipinski definition) is 2. The molecule has 1 saturated heterocycles. The lowest BCUT2D eigenvalue weighted by Crippen LogP contribution is -2.44. The summed E-state index contributed by atoms with van der Waals surface area (Å²) in [5.74, 6) is 0. The van der Waals surface area contributed by atoms with Crippen LogP contribution in [0.2, 0.25) is 0 Å². The minimum atomic E-state index is -0.338. The molecule has 0 radical (unpaired) electrons. The van der Waals surface area contributed by atoms with Crippen molar-refractivity contribution < 1.29 is 9.31 Å². The summed E-state index contributed by atoms with van der Waals surface area (Å²) >= 11 is 0. The van der Waals surface area contributed by atoms with E-state index in [0.717, 1.165) is 11.9 Å². The zero-order valence-corrected chi connectivity index (χ0v) is 10.7. The van der Waals surface area contributed by atoms with E-state index in [-0.39, 0.29) is 18.3 Å². The van der Waals surface area contributed by atoms with Gasteiger partial charge in [0.15, 0.2) is 0 Å². The Labute approximate surface area is 99.2 Å². The average molecular weight is 220 g/mol. The van der Waals surface area contributed by atoms with Crippen molar-refractivity contribution in [3.05, 3.63) is 36.9 Å². The van der Waals surface area contributed by atoms with Gasteiger partial charge in [0.2, 0.25) is 0 Å². The molecule has 1 fully saturated rings. The Hall–Kier alpha value is -0.795. The summed E-state index contributed by atoms with van der Waals surface area (Å²) in [5.41, 5.74) is 0.358. The first-order valence-corrected chi connectivity index (χ1v) is 5.71. The second-order valence-electron chi connectivity index (χ2n) is 4.77. The monoisotopic (exact) mass is 220 g/mol. The molecule has 0 aromatic rings. The third kappa shape index (κ3) is 2.16. The Bertz CT molecular complexity index is 320. The van der Waals surface area contributed by atoms with Crippen LogP contribution in [0.25, 0.3) is 0 Å². The van der Waals surface area contributed by atoms with Crippen LogP contribution in [0.4, 0.5) is 0 Å². The maximum atomic E-state index is 6.01. The molecule has 3 heteroatoms. The van der Waals surface area contributed by atoms with E-state index in [9.17, 15) is 0 Å². The van der Waals surface area contributed by atoms with Crippen LogP contribution in [-0.4, -0.2) is 18.3 Å². The minimum Gasteiger partial charge on any atom is -0.399 e. The molecule has 0 aromatic heterocycles. The topological polar surface area (TPSA) is 18.5 Å². The van der Waals surface area contributed by atoms with E-state index < -0.39 is 0 Å². The highest BCUT2D eigenvalue weighted by atomic mass is 16.7. The van der Waals surface area contributed by atoms with E-state index in [4.69, 9.17) is 9.31 Å². The zero-order chi connectivity index (χ0) is 12.4. The smallest absolute Gasteiger partial charge is 0.399 e. The van der Waals surface area contributed by atoms with Crippen LogP contribution >= 0.6 is 0 Å². The summed E-state index contributed by atoms with van der Waals surface area (Å²) in [6.45, 7) is 15.8. The molecule has 2 nitrogen and oxygen atoms in total. The van der Waals surface area contributed by atoms with Crippen molar-refractivity contribution >= 4 is 7.12 Å². The molecule has 0 saturated carbocycles. The molecule has 1 unspecified atom stereocenters. The molecule has 0 aliphatic carbocycles. The van der Waals surface area contributed by atoms with Gasteiger partial charge in [-0.1, -0.05) is 38.3 Å². The van der Waals surface area contributed by atoms with Crippen LogP contribution in [0.15, 0.2) is 36.9 Å².